The molecule has 0 unspecified atom stereocenters. The summed E-state index contributed by atoms with van der Waals surface area (Å²) in [6, 6.07) is 0. The number of thioether (sulfide) groups is 1. The van der Waals surface area contributed by atoms with Gasteiger partial charge < -0.3 is 10.2 Å². The van der Waals surface area contributed by atoms with Gasteiger partial charge in [-0.05, 0) is 32.6 Å². The molecule has 0 aromatic carbocycles. The van der Waals surface area contributed by atoms with Crippen molar-refractivity contribution in [1.82, 2.24) is 14.5 Å². The highest BCUT2D eigenvalue weighted by Crippen LogP contribution is 2.28. The summed E-state index contributed by atoms with van der Waals surface area (Å²) < 4.78 is 1.86. The van der Waals surface area contributed by atoms with E-state index in [1.165, 1.54) is 28.0 Å². The normalized spacial score (nSPS) is 13.6. The molecule has 0 saturated carbocycles. The lowest BCUT2D eigenvalue weighted by molar-refractivity contribution is -0.858. The molecule has 0 bridgehead atoms. The van der Waals surface area contributed by atoms with Crippen LogP contribution < -0.4 is 15.9 Å². The molecule has 7 nitrogen and oxygen atoms in total. The van der Waals surface area contributed by atoms with Gasteiger partial charge in [0.05, 0.1) is 32.1 Å². The van der Waals surface area contributed by atoms with Crippen molar-refractivity contribution in [3.63, 3.8) is 0 Å². The van der Waals surface area contributed by atoms with Crippen molar-refractivity contribution in [2.24, 2.45) is 0 Å². The van der Waals surface area contributed by atoms with Crippen molar-refractivity contribution in [3.05, 3.63) is 32.8 Å². The van der Waals surface area contributed by atoms with Gasteiger partial charge in [0, 0.05) is 29.6 Å². The summed E-state index contributed by atoms with van der Waals surface area (Å²) in [4.78, 5) is 34.9. The van der Waals surface area contributed by atoms with Crippen molar-refractivity contribution in [2.45, 2.75) is 50.6 Å². The Morgan fingerprint density at radius 2 is 2.11 bits per heavy atom. The number of aryl methyl sites for hydroxylation is 1. The molecule has 0 radical (unpaired) electrons. The summed E-state index contributed by atoms with van der Waals surface area (Å²) in [6.07, 6.45) is 5.01. The summed E-state index contributed by atoms with van der Waals surface area (Å²) in [7, 11) is 4.24. The Morgan fingerprint density at radius 1 is 1.32 bits per heavy atom. The van der Waals surface area contributed by atoms with E-state index < -0.39 is 0 Å². The molecule has 3 rings (SSSR count). The monoisotopic (exact) mass is 422 g/mol. The number of quaternary nitrogens is 1. The first-order chi connectivity index (χ1) is 13.4. The molecule has 9 heteroatoms. The van der Waals surface area contributed by atoms with Gasteiger partial charge in [0.25, 0.3) is 0 Å². The fraction of sp³-hybridized carbons (Fsp3) is 0.579. The topological polar surface area (TPSA) is 81.3 Å². The van der Waals surface area contributed by atoms with Crippen LogP contribution >= 0.6 is 23.1 Å². The summed E-state index contributed by atoms with van der Waals surface area (Å²) in [5.74, 6) is 0.106. The SMILES string of the molecule is Cc1csc(NC(=O)CSc2nc(=O)n(CCC[NH+](C)C)c3c2CCCC3)n1. The Balaban J connectivity index is 1.71. The molecule has 0 spiro atoms. The fourth-order valence-electron chi connectivity index (χ4n) is 3.39. The van der Waals surface area contributed by atoms with E-state index in [0.717, 1.165) is 60.6 Å². The third kappa shape index (κ3) is 5.42. The van der Waals surface area contributed by atoms with Gasteiger partial charge >= 0.3 is 5.69 Å². The van der Waals surface area contributed by atoms with Crippen LogP contribution in [0, 0.1) is 6.92 Å². The van der Waals surface area contributed by atoms with E-state index in [9.17, 15) is 9.59 Å². The number of thiazole rings is 1. The molecule has 2 aromatic heterocycles. The number of hydrogen-bond donors (Lipinski definition) is 2. The molecule has 2 aromatic rings. The predicted molar refractivity (Wildman–Crippen MR) is 114 cm³/mol. The van der Waals surface area contributed by atoms with Gasteiger partial charge in [-0.25, -0.2) is 9.78 Å². The lowest BCUT2D eigenvalue weighted by atomic mass is 9.97. The Bertz CT molecular complexity index is 891. The van der Waals surface area contributed by atoms with Gasteiger partial charge in [0.1, 0.15) is 5.03 Å². The Hall–Kier alpha value is -1.71. The summed E-state index contributed by atoms with van der Waals surface area (Å²) >= 11 is 2.77. The first kappa shape index (κ1) is 21.0. The maximum atomic E-state index is 12.6. The number of hydrogen-bond acceptors (Lipinski definition) is 6. The first-order valence-corrected chi connectivity index (χ1v) is 11.6. The number of nitrogens with one attached hydrogen (secondary N) is 2. The zero-order chi connectivity index (χ0) is 20.1. The van der Waals surface area contributed by atoms with E-state index in [2.05, 4.69) is 29.4 Å². The van der Waals surface area contributed by atoms with Crippen molar-refractivity contribution in [1.29, 1.82) is 0 Å². The largest absolute Gasteiger partial charge is 0.348 e. The van der Waals surface area contributed by atoms with E-state index in [0.29, 0.717) is 11.7 Å². The van der Waals surface area contributed by atoms with Gasteiger partial charge in [-0.2, -0.15) is 4.98 Å². The maximum absolute atomic E-state index is 12.6. The molecule has 0 fully saturated rings. The highest BCUT2D eigenvalue weighted by molar-refractivity contribution is 8.00. The molecule has 2 N–H and O–H groups in total. The second-order valence-corrected chi connectivity index (χ2v) is 9.25. The molecule has 0 atom stereocenters. The molecular formula is C19H28N5O2S2+. The van der Waals surface area contributed by atoms with Crippen LogP contribution in [0.15, 0.2) is 15.2 Å². The third-order valence-corrected chi connectivity index (χ3v) is 6.61. The van der Waals surface area contributed by atoms with Crippen LogP contribution in [0.2, 0.25) is 0 Å². The molecule has 1 aliphatic rings. The number of carbonyl (C=O) groups is 1. The van der Waals surface area contributed by atoms with Gasteiger partial charge in [0.15, 0.2) is 5.13 Å². The summed E-state index contributed by atoms with van der Waals surface area (Å²) in [5, 5.41) is 6.04. The number of fused-ring (bicyclic) bond motifs is 1. The van der Waals surface area contributed by atoms with Gasteiger partial charge in [-0.1, -0.05) is 11.8 Å². The Morgan fingerprint density at radius 3 is 2.82 bits per heavy atom. The van der Waals surface area contributed by atoms with Crippen LogP contribution in [0.5, 0.6) is 0 Å². The zero-order valence-corrected chi connectivity index (χ0v) is 18.3. The van der Waals surface area contributed by atoms with Crippen LogP contribution in [0.25, 0.3) is 0 Å². The number of carbonyl (C=O) groups excluding carboxylic acids is 1. The molecule has 0 saturated heterocycles. The van der Waals surface area contributed by atoms with E-state index in [1.807, 2.05) is 16.9 Å². The van der Waals surface area contributed by atoms with E-state index in [1.54, 1.807) is 0 Å². The molecule has 2 heterocycles. The number of aromatic nitrogens is 3. The highest BCUT2D eigenvalue weighted by atomic mass is 32.2. The Kier molecular flexibility index (Phi) is 7.25. The molecule has 1 aliphatic carbocycles. The van der Waals surface area contributed by atoms with Gasteiger partial charge in [0.2, 0.25) is 5.91 Å². The maximum Gasteiger partial charge on any atom is 0.348 e. The van der Waals surface area contributed by atoms with Crippen LogP contribution in [0.1, 0.15) is 36.2 Å². The smallest absolute Gasteiger partial charge is 0.340 e. The van der Waals surface area contributed by atoms with Crippen LogP contribution in [-0.4, -0.2) is 46.8 Å². The summed E-state index contributed by atoms with van der Waals surface area (Å²) in [5.41, 5.74) is 2.99. The van der Waals surface area contributed by atoms with Gasteiger partial charge in [-0.3, -0.25) is 9.36 Å². The predicted octanol–water partition coefficient (Wildman–Crippen LogP) is 1.15. The average Bonchev–Trinajstić information content (AvgIpc) is 3.06. The van der Waals surface area contributed by atoms with Crippen molar-refractivity contribution >= 4 is 34.1 Å². The lowest BCUT2D eigenvalue weighted by Crippen LogP contribution is -3.05. The van der Waals surface area contributed by atoms with Gasteiger partial charge in [-0.15, -0.1) is 11.3 Å². The van der Waals surface area contributed by atoms with Crippen LogP contribution in [0.4, 0.5) is 5.13 Å². The third-order valence-electron chi connectivity index (χ3n) is 4.71. The number of nitrogens with zero attached hydrogens (tertiary/aromatic N) is 3. The Labute approximate surface area is 173 Å². The average molecular weight is 423 g/mol. The fourth-order valence-corrected chi connectivity index (χ4v) is 4.97. The van der Waals surface area contributed by atoms with Crippen molar-refractivity contribution in [3.8, 4) is 0 Å². The van der Waals surface area contributed by atoms with Crippen molar-refractivity contribution in [2.75, 3.05) is 31.7 Å². The number of rotatable bonds is 8. The minimum absolute atomic E-state index is 0.121. The minimum Gasteiger partial charge on any atom is -0.340 e. The molecule has 28 heavy (non-hydrogen) atoms. The van der Waals surface area contributed by atoms with Crippen LogP contribution in [-0.2, 0) is 24.2 Å². The van der Waals surface area contributed by atoms with E-state index >= 15 is 0 Å². The lowest BCUT2D eigenvalue weighted by Gasteiger charge is -2.22. The quantitative estimate of drug-likeness (QED) is 0.493. The standard InChI is InChI=1S/C19H27N5O2S2/c1-13-11-28-18(20-13)21-16(25)12-27-17-14-7-4-5-8-15(14)24(19(26)22-17)10-6-9-23(2)3/h11H,4-10,12H2,1-3H3,(H,20,21,25)/p+1. The molecule has 1 amide bonds. The minimum atomic E-state index is -0.187. The highest BCUT2D eigenvalue weighted by Gasteiger charge is 2.21. The zero-order valence-electron chi connectivity index (χ0n) is 16.7. The van der Waals surface area contributed by atoms with Crippen LogP contribution in [0.3, 0.4) is 0 Å². The molecular weight excluding hydrogens is 394 g/mol. The number of amides is 1. The second-order valence-electron chi connectivity index (χ2n) is 7.43. The van der Waals surface area contributed by atoms with Crippen molar-refractivity contribution < 1.29 is 9.69 Å². The van der Waals surface area contributed by atoms with E-state index in [4.69, 9.17) is 0 Å². The summed E-state index contributed by atoms with van der Waals surface area (Å²) in [6.45, 7) is 3.63. The van der Waals surface area contributed by atoms with E-state index in [-0.39, 0.29) is 17.3 Å². The molecule has 152 valence electrons. The first-order valence-electron chi connectivity index (χ1n) is 9.70. The molecule has 0 aliphatic heterocycles. The second kappa shape index (κ2) is 9.67. The number of anilines is 1.